The molecule has 0 atom stereocenters. The quantitative estimate of drug-likeness (QED) is 0.898. The van der Waals surface area contributed by atoms with E-state index in [1.54, 1.807) is 0 Å². The van der Waals surface area contributed by atoms with Crippen LogP contribution in [0.2, 0.25) is 0 Å². The maximum absolute atomic E-state index is 5.61. The maximum Gasteiger partial charge on any atom is 0.210 e. The number of benzene rings is 1. The molecule has 5 heteroatoms. The molecule has 18 heavy (non-hydrogen) atoms. The first kappa shape index (κ1) is 11.2. The minimum absolute atomic E-state index is 0.530. The van der Waals surface area contributed by atoms with E-state index in [2.05, 4.69) is 45.4 Å². The Morgan fingerprint density at radius 1 is 1.17 bits per heavy atom. The first-order chi connectivity index (χ1) is 8.83. The Hall–Kier alpha value is -1.88. The van der Waals surface area contributed by atoms with E-state index in [9.17, 15) is 0 Å². The van der Waals surface area contributed by atoms with E-state index < -0.39 is 0 Å². The Bertz CT molecular complexity index is 561. The highest BCUT2D eigenvalue weighted by molar-refractivity contribution is 7.18. The van der Waals surface area contributed by atoms with Crippen molar-refractivity contribution in [3.63, 3.8) is 0 Å². The molecular formula is C13H14N4S. The van der Waals surface area contributed by atoms with E-state index in [-0.39, 0.29) is 0 Å². The summed E-state index contributed by atoms with van der Waals surface area (Å²) in [5.74, 6) is 0. The zero-order valence-corrected chi connectivity index (χ0v) is 10.7. The van der Waals surface area contributed by atoms with Gasteiger partial charge in [0.1, 0.15) is 0 Å². The van der Waals surface area contributed by atoms with Crippen LogP contribution in [0.4, 0.5) is 10.3 Å². The summed E-state index contributed by atoms with van der Waals surface area (Å²) >= 11 is 1.44. The Morgan fingerprint density at radius 2 is 2.00 bits per heavy atom. The molecule has 0 bridgehead atoms. The Kier molecular flexibility index (Phi) is 2.98. The standard InChI is InChI=1S/C13H14N4S/c14-12-15-16-13(18-12)17-8-6-11(7-9-17)10-4-2-1-3-5-10/h1-6H,7-9H2,(H2,14,15). The minimum atomic E-state index is 0.530. The number of anilines is 2. The van der Waals surface area contributed by atoms with Gasteiger partial charge in [-0.1, -0.05) is 47.7 Å². The summed E-state index contributed by atoms with van der Waals surface area (Å²) in [5, 5.41) is 9.37. The highest BCUT2D eigenvalue weighted by Gasteiger charge is 2.16. The third-order valence-electron chi connectivity index (χ3n) is 3.05. The first-order valence-electron chi connectivity index (χ1n) is 5.91. The fourth-order valence-corrected chi connectivity index (χ4v) is 2.76. The van der Waals surface area contributed by atoms with Crippen molar-refractivity contribution in [2.24, 2.45) is 0 Å². The average molecular weight is 258 g/mol. The van der Waals surface area contributed by atoms with Crippen LogP contribution in [0.25, 0.3) is 5.57 Å². The van der Waals surface area contributed by atoms with Gasteiger partial charge < -0.3 is 10.6 Å². The Balaban J connectivity index is 1.75. The number of hydrogen-bond acceptors (Lipinski definition) is 5. The molecular weight excluding hydrogens is 244 g/mol. The van der Waals surface area contributed by atoms with Gasteiger partial charge in [-0.15, -0.1) is 10.2 Å². The topological polar surface area (TPSA) is 55.0 Å². The fourth-order valence-electron chi connectivity index (χ4n) is 2.11. The van der Waals surface area contributed by atoms with Crippen LogP contribution < -0.4 is 10.6 Å². The monoisotopic (exact) mass is 258 g/mol. The van der Waals surface area contributed by atoms with Gasteiger partial charge in [-0.2, -0.15) is 0 Å². The normalized spacial score (nSPS) is 15.6. The van der Waals surface area contributed by atoms with E-state index in [0.717, 1.165) is 24.6 Å². The zero-order valence-electron chi connectivity index (χ0n) is 9.91. The van der Waals surface area contributed by atoms with Crippen molar-refractivity contribution in [1.29, 1.82) is 0 Å². The molecule has 0 aliphatic carbocycles. The molecule has 1 aliphatic heterocycles. The van der Waals surface area contributed by atoms with E-state index in [4.69, 9.17) is 5.73 Å². The van der Waals surface area contributed by atoms with E-state index in [1.165, 1.54) is 22.5 Å². The van der Waals surface area contributed by atoms with Crippen LogP contribution in [-0.2, 0) is 0 Å². The second kappa shape index (κ2) is 4.78. The molecule has 2 N–H and O–H groups in total. The first-order valence-corrected chi connectivity index (χ1v) is 6.73. The molecule has 2 heterocycles. The molecule has 0 saturated heterocycles. The van der Waals surface area contributed by atoms with Crippen molar-refractivity contribution in [3.8, 4) is 0 Å². The van der Waals surface area contributed by atoms with Crippen molar-refractivity contribution in [3.05, 3.63) is 42.0 Å². The number of nitrogens with two attached hydrogens (primary N) is 1. The zero-order chi connectivity index (χ0) is 12.4. The van der Waals surface area contributed by atoms with Crippen molar-refractivity contribution >= 4 is 27.2 Å². The van der Waals surface area contributed by atoms with Gasteiger partial charge in [0.05, 0.1) is 0 Å². The van der Waals surface area contributed by atoms with Gasteiger partial charge in [-0.25, -0.2) is 0 Å². The third-order valence-corrected chi connectivity index (χ3v) is 3.87. The lowest BCUT2D eigenvalue weighted by Gasteiger charge is -2.25. The number of rotatable bonds is 2. The molecule has 0 radical (unpaired) electrons. The lowest BCUT2D eigenvalue weighted by molar-refractivity contribution is 0.818. The van der Waals surface area contributed by atoms with E-state index >= 15 is 0 Å². The van der Waals surface area contributed by atoms with Gasteiger partial charge in [0, 0.05) is 13.1 Å². The highest BCUT2D eigenvalue weighted by Crippen LogP contribution is 2.27. The lowest BCUT2D eigenvalue weighted by atomic mass is 10.00. The predicted molar refractivity (Wildman–Crippen MR) is 75.6 cm³/mol. The van der Waals surface area contributed by atoms with Crippen LogP contribution in [0, 0.1) is 0 Å². The van der Waals surface area contributed by atoms with Crippen LogP contribution in [0.15, 0.2) is 36.4 Å². The van der Waals surface area contributed by atoms with Gasteiger partial charge in [0.2, 0.25) is 10.3 Å². The van der Waals surface area contributed by atoms with E-state index in [1.807, 2.05) is 6.07 Å². The molecule has 92 valence electrons. The van der Waals surface area contributed by atoms with E-state index in [0.29, 0.717) is 5.13 Å². The molecule has 0 fully saturated rings. The Labute approximate surface area is 110 Å². The molecule has 2 aromatic rings. The summed E-state index contributed by atoms with van der Waals surface area (Å²) in [6, 6.07) is 10.5. The van der Waals surface area contributed by atoms with Gasteiger partial charge in [0.25, 0.3) is 0 Å². The third kappa shape index (κ3) is 2.22. The second-order valence-electron chi connectivity index (χ2n) is 4.21. The van der Waals surface area contributed by atoms with Crippen LogP contribution in [-0.4, -0.2) is 23.3 Å². The minimum Gasteiger partial charge on any atom is -0.374 e. The predicted octanol–water partition coefficient (Wildman–Crippen LogP) is 2.41. The second-order valence-corrected chi connectivity index (χ2v) is 5.20. The maximum atomic E-state index is 5.61. The van der Waals surface area contributed by atoms with Gasteiger partial charge in [-0.05, 0) is 17.6 Å². The van der Waals surface area contributed by atoms with Crippen LogP contribution >= 0.6 is 11.3 Å². The Morgan fingerprint density at radius 3 is 2.61 bits per heavy atom. The summed E-state index contributed by atoms with van der Waals surface area (Å²) in [4.78, 5) is 2.21. The van der Waals surface area contributed by atoms with Crippen LogP contribution in [0.3, 0.4) is 0 Å². The number of nitrogen functional groups attached to an aromatic ring is 1. The molecule has 0 unspecified atom stereocenters. The van der Waals surface area contributed by atoms with Gasteiger partial charge >= 0.3 is 0 Å². The molecule has 1 aromatic heterocycles. The summed E-state index contributed by atoms with van der Waals surface area (Å²) < 4.78 is 0. The molecule has 3 rings (SSSR count). The van der Waals surface area contributed by atoms with Crippen molar-refractivity contribution in [2.45, 2.75) is 6.42 Å². The number of aromatic nitrogens is 2. The summed E-state index contributed by atoms with van der Waals surface area (Å²) in [5.41, 5.74) is 8.33. The summed E-state index contributed by atoms with van der Waals surface area (Å²) in [6.07, 6.45) is 3.29. The average Bonchev–Trinajstić information content (AvgIpc) is 2.87. The molecule has 0 amide bonds. The highest BCUT2D eigenvalue weighted by atomic mass is 32.1. The largest absolute Gasteiger partial charge is 0.374 e. The molecule has 4 nitrogen and oxygen atoms in total. The van der Waals surface area contributed by atoms with Crippen molar-refractivity contribution < 1.29 is 0 Å². The molecule has 0 spiro atoms. The summed E-state index contributed by atoms with van der Waals surface area (Å²) in [7, 11) is 0. The van der Waals surface area contributed by atoms with Crippen molar-refractivity contribution in [2.75, 3.05) is 23.7 Å². The molecule has 1 aromatic carbocycles. The van der Waals surface area contributed by atoms with Crippen LogP contribution in [0.1, 0.15) is 12.0 Å². The van der Waals surface area contributed by atoms with Gasteiger partial charge in [-0.3, -0.25) is 0 Å². The molecule has 0 saturated carbocycles. The fraction of sp³-hybridized carbons (Fsp3) is 0.231. The SMILES string of the molecule is Nc1nnc(N2CC=C(c3ccccc3)CC2)s1. The van der Waals surface area contributed by atoms with Crippen molar-refractivity contribution in [1.82, 2.24) is 10.2 Å². The summed E-state index contributed by atoms with van der Waals surface area (Å²) in [6.45, 7) is 1.84. The number of nitrogens with zero attached hydrogens (tertiary/aromatic N) is 3. The lowest BCUT2D eigenvalue weighted by Crippen LogP contribution is -2.28. The van der Waals surface area contributed by atoms with Crippen LogP contribution in [0.5, 0.6) is 0 Å². The smallest absolute Gasteiger partial charge is 0.210 e. The molecule has 1 aliphatic rings. The van der Waals surface area contributed by atoms with Gasteiger partial charge in [0.15, 0.2) is 0 Å². The number of hydrogen-bond donors (Lipinski definition) is 1.